The number of aryl methyl sites for hydroxylation is 1. The number of nitrogens with one attached hydrogen (secondary N) is 1. The van der Waals surface area contributed by atoms with Crippen molar-refractivity contribution in [2.45, 2.75) is 13.3 Å². The molecule has 0 spiro atoms. The van der Waals surface area contributed by atoms with Crippen LogP contribution in [-0.4, -0.2) is 25.0 Å². The lowest BCUT2D eigenvalue weighted by Gasteiger charge is -2.08. The van der Waals surface area contributed by atoms with Crippen LogP contribution in [0.3, 0.4) is 0 Å². The first-order chi connectivity index (χ1) is 10.7. The Morgan fingerprint density at radius 1 is 1.00 bits per heavy atom. The Labute approximate surface area is 130 Å². The summed E-state index contributed by atoms with van der Waals surface area (Å²) in [6, 6.07) is 16.7. The van der Waals surface area contributed by atoms with Crippen LogP contribution in [0, 0.1) is 6.92 Å². The first kappa shape index (κ1) is 15.8. The van der Waals surface area contributed by atoms with Crippen LogP contribution in [0.2, 0.25) is 0 Å². The van der Waals surface area contributed by atoms with Crippen molar-refractivity contribution in [1.29, 1.82) is 0 Å². The second-order valence-corrected chi connectivity index (χ2v) is 4.97. The monoisotopic (exact) mass is 297 g/mol. The number of amides is 1. The Kier molecular flexibility index (Phi) is 5.72. The van der Waals surface area contributed by atoms with Gasteiger partial charge >= 0.3 is 5.97 Å². The van der Waals surface area contributed by atoms with Crippen molar-refractivity contribution < 1.29 is 14.3 Å². The Bertz CT molecular complexity index is 638. The molecule has 114 valence electrons. The second-order valence-electron chi connectivity index (χ2n) is 4.97. The third-order valence-corrected chi connectivity index (χ3v) is 3.32. The van der Waals surface area contributed by atoms with E-state index in [9.17, 15) is 9.59 Å². The molecule has 4 nitrogen and oxygen atoms in total. The minimum absolute atomic E-state index is 0.262. The van der Waals surface area contributed by atoms with Gasteiger partial charge in [-0.15, -0.1) is 0 Å². The number of carbonyl (C=O) groups excluding carboxylic acids is 2. The highest BCUT2D eigenvalue weighted by Gasteiger charge is 2.09. The number of hydrogen-bond donors (Lipinski definition) is 1. The summed E-state index contributed by atoms with van der Waals surface area (Å²) < 4.78 is 4.97. The van der Waals surface area contributed by atoms with Gasteiger partial charge in [0.05, 0.1) is 5.56 Å². The van der Waals surface area contributed by atoms with Crippen LogP contribution in [0.25, 0.3) is 0 Å². The second kappa shape index (κ2) is 7.98. The number of carbonyl (C=O) groups is 2. The summed E-state index contributed by atoms with van der Waals surface area (Å²) in [5, 5.41) is 2.75. The molecule has 0 heterocycles. The average molecular weight is 297 g/mol. The minimum atomic E-state index is -0.491. The van der Waals surface area contributed by atoms with E-state index in [4.69, 9.17) is 4.74 Å². The number of ether oxygens (including phenoxy) is 1. The molecule has 22 heavy (non-hydrogen) atoms. The van der Waals surface area contributed by atoms with E-state index < -0.39 is 5.97 Å². The Morgan fingerprint density at radius 2 is 1.68 bits per heavy atom. The van der Waals surface area contributed by atoms with Crippen LogP contribution in [0.1, 0.15) is 21.5 Å². The SMILES string of the molecule is Cc1ccccc1CCNC(=O)COC(=O)c1ccccc1. The first-order valence-electron chi connectivity index (χ1n) is 7.20. The maximum absolute atomic E-state index is 11.7. The predicted octanol–water partition coefficient (Wildman–Crippen LogP) is 2.51. The van der Waals surface area contributed by atoms with E-state index in [0.29, 0.717) is 12.1 Å². The quantitative estimate of drug-likeness (QED) is 0.834. The van der Waals surface area contributed by atoms with Crippen LogP contribution < -0.4 is 5.32 Å². The Morgan fingerprint density at radius 3 is 2.41 bits per heavy atom. The fraction of sp³-hybridized carbons (Fsp3) is 0.222. The van der Waals surface area contributed by atoms with E-state index in [-0.39, 0.29) is 12.5 Å². The fourth-order valence-corrected chi connectivity index (χ4v) is 2.07. The molecule has 0 unspecified atom stereocenters. The molecule has 2 rings (SSSR count). The number of benzene rings is 2. The summed E-state index contributed by atoms with van der Waals surface area (Å²) in [6.45, 7) is 2.30. The Hall–Kier alpha value is -2.62. The van der Waals surface area contributed by atoms with Gasteiger partial charge in [-0.3, -0.25) is 4.79 Å². The molecule has 0 aliphatic carbocycles. The normalized spacial score (nSPS) is 10.0. The van der Waals surface area contributed by atoms with Crippen molar-refractivity contribution in [3.05, 3.63) is 71.3 Å². The zero-order valence-corrected chi connectivity index (χ0v) is 12.5. The van der Waals surface area contributed by atoms with Crippen molar-refractivity contribution in [3.8, 4) is 0 Å². The fourth-order valence-electron chi connectivity index (χ4n) is 2.07. The lowest BCUT2D eigenvalue weighted by Crippen LogP contribution is -2.30. The molecule has 0 fully saturated rings. The highest BCUT2D eigenvalue weighted by atomic mass is 16.5. The lowest BCUT2D eigenvalue weighted by atomic mass is 10.1. The molecule has 0 radical (unpaired) electrons. The summed E-state index contributed by atoms with van der Waals surface area (Å²) in [4.78, 5) is 23.4. The number of hydrogen-bond acceptors (Lipinski definition) is 3. The summed E-state index contributed by atoms with van der Waals surface area (Å²) in [6.07, 6.45) is 0.755. The standard InChI is InChI=1S/C18H19NO3/c1-14-7-5-6-8-15(14)11-12-19-17(20)13-22-18(21)16-9-3-2-4-10-16/h2-10H,11-13H2,1H3,(H,19,20). The van der Waals surface area contributed by atoms with Gasteiger partial charge in [-0.05, 0) is 36.6 Å². The van der Waals surface area contributed by atoms with Gasteiger partial charge in [-0.2, -0.15) is 0 Å². The van der Waals surface area contributed by atoms with Crippen LogP contribution in [0.4, 0.5) is 0 Å². The highest BCUT2D eigenvalue weighted by molar-refractivity contribution is 5.91. The van der Waals surface area contributed by atoms with E-state index >= 15 is 0 Å². The molecule has 0 bridgehead atoms. The summed E-state index contributed by atoms with van der Waals surface area (Å²) in [7, 11) is 0. The zero-order chi connectivity index (χ0) is 15.8. The lowest BCUT2D eigenvalue weighted by molar-refractivity contribution is -0.124. The predicted molar refractivity (Wildman–Crippen MR) is 84.6 cm³/mol. The van der Waals surface area contributed by atoms with Crippen molar-refractivity contribution in [3.63, 3.8) is 0 Å². The smallest absolute Gasteiger partial charge is 0.338 e. The molecule has 2 aromatic rings. The first-order valence-corrected chi connectivity index (χ1v) is 7.20. The van der Waals surface area contributed by atoms with E-state index in [1.54, 1.807) is 24.3 Å². The average Bonchev–Trinajstić information content (AvgIpc) is 2.55. The van der Waals surface area contributed by atoms with E-state index in [1.165, 1.54) is 11.1 Å². The number of rotatable bonds is 6. The van der Waals surface area contributed by atoms with Crippen molar-refractivity contribution in [2.24, 2.45) is 0 Å². The summed E-state index contributed by atoms with van der Waals surface area (Å²) in [5.74, 6) is -0.785. The van der Waals surface area contributed by atoms with E-state index in [0.717, 1.165) is 6.42 Å². The van der Waals surface area contributed by atoms with Gasteiger partial charge in [-0.1, -0.05) is 42.5 Å². The Balaban J connectivity index is 1.70. The highest BCUT2D eigenvalue weighted by Crippen LogP contribution is 2.06. The van der Waals surface area contributed by atoms with Crippen molar-refractivity contribution in [2.75, 3.05) is 13.2 Å². The molecule has 0 saturated carbocycles. The van der Waals surface area contributed by atoms with Crippen LogP contribution in [-0.2, 0) is 16.0 Å². The molecule has 0 saturated heterocycles. The summed E-state index contributed by atoms with van der Waals surface area (Å²) >= 11 is 0. The van der Waals surface area contributed by atoms with Crippen LogP contribution >= 0.6 is 0 Å². The molecule has 1 amide bonds. The third kappa shape index (κ3) is 4.74. The zero-order valence-electron chi connectivity index (χ0n) is 12.5. The van der Waals surface area contributed by atoms with Gasteiger partial charge in [0.2, 0.25) is 0 Å². The number of esters is 1. The molecule has 4 heteroatoms. The molecule has 0 aliphatic rings. The van der Waals surface area contributed by atoms with Crippen LogP contribution in [0.15, 0.2) is 54.6 Å². The van der Waals surface area contributed by atoms with Crippen molar-refractivity contribution >= 4 is 11.9 Å². The molecule has 0 aromatic heterocycles. The van der Waals surface area contributed by atoms with Gasteiger partial charge in [0.15, 0.2) is 6.61 Å². The van der Waals surface area contributed by atoms with Crippen molar-refractivity contribution in [1.82, 2.24) is 5.32 Å². The molecular weight excluding hydrogens is 278 g/mol. The molecule has 0 atom stereocenters. The molecule has 0 aliphatic heterocycles. The summed E-state index contributed by atoms with van der Waals surface area (Å²) in [5.41, 5.74) is 2.84. The maximum atomic E-state index is 11.7. The topological polar surface area (TPSA) is 55.4 Å². The molecule has 1 N–H and O–H groups in total. The van der Waals surface area contributed by atoms with Gasteiger partial charge in [0.1, 0.15) is 0 Å². The van der Waals surface area contributed by atoms with Gasteiger partial charge < -0.3 is 10.1 Å². The van der Waals surface area contributed by atoms with E-state index in [1.807, 2.05) is 37.3 Å². The van der Waals surface area contributed by atoms with Gasteiger partial charge in [-0.25, -0.2) is 4.79 Å². The molecule has 2 aromatic carbocycles. The van der Waals surface area contributed by atoms with E-state index in [2.05, 4.69) is 5.32 Å². The maximum Gasteiger partial charge on any atom is 0.338 e. The minimum Gasteiger partial charge on any atom is -0.452 e. The van der Waals surface area contributed by atoms with Crippen LogP contribution in [0.5, 0.6) is 0 Å². The third-order valence-electron chi connectivity index (χ3n) is 3.32. The molecular formula is C18H19NO3. The largest absolute Gasteiger partial charge is 0.452 e. The van der Waals surface area contributed by atoms with Gasteiger partial charge in [0.25, 0.3) is 5.91 Å². The van der Waals surface area contributed by atoms with Gasteiger partial charge in [0, 0.05) is 6.54 Å².